The second-order valence-corrected chi connectivity index (χ2v) is 8.42. The highest BCUT2D eigenvalue weighted by molar-refractivity contribution is 5.84. The van der Waals surface area contributed by atoms with Crippen LogP contribution in [0.5, 0.6) is 0 Å². The van der Waals surface area contributed by atoms with E-state index in [1.54, 1.807) is 4.90 Å². The van der Waals surface area contributed by atoms with Crippen LogP contribution < -0.4 is 5.32 Å². The Morgan fingerprint density at radius 1 is 1.18 bits per heavy atom. The quantitative estimate of drug-likeness (QED) is 0.702. The van der Waals surface area contributed by atoms with Gasteiger partial charge in [0.25, 0.3) is 0 Å². The van der Waals surface area contributed by atoms with Gasteiger partial charge in [-0.3, -0.25) is 4.79 Å². The number of nitrogens with zero attached hydrogens (tertiary/aromatic N) is 3. The van der Waals surface area contributed by atoms with E-state index in [9.17, 15) is 9.59 Å². The van der Waals surface area contributed by atoms with Crippen molar-refractivity contribution in [2.24, 2.45) is 7.05 Å². The van der Waals surface area contributed by atoms with Gasteiger partial charge in [0, 0.05) is 37.6 Å². The molecule has 0 aliphatic heterocycles. The maximum atomic E-state index is 13.1. The molecule has 0 radical (unpaired) electrons. The molecule has 0 aromatic carbocycles. The fraction of sp³-hybridized carbons (Fsp3) is 0.727. The van der Waals surface area contributed by atoms with Crippen molar-refractivity contribution in [3.63, 3.8) is 0 Å². The van der Waals surface area contributed by atoms with Crippen LogP contribution in [0.15, 0.2) is 18.3 Å². The van der Waals surface area contributed by atoms with Crippen molar-refractivity contribution in [1.29, 1.82) is 0 Å². The van der Waals surface area contributed by atoms with Gasteiger partial charge >= 0.3 is 6.03 Å². The Kier molecular flexibility index (Phi) is 7.40. The Hall–Kier alpha value is -1.98. The Morgan fingerprint density at radius 2 is 1.93 bits per heavy atom. The second kappa shape index (κ2) is 9.99. The zero-order chi connectivity index (χ0) is 19.9. The molecule has 156 valence electrons. The molecule has 3 amide bonds. The predicted molar refractivity (Wildman–Crippen MR) is 111 cm³/mol. The minimum atomic E-state index is -0.0664. The van der Waals surface area contributed by atoms with E-state index >= 15 is 0 Å². The van der Waals surface area contributed by atoms with Gasteiger partial charge < -0.3 is 19.7 Å². The van der Waals surface area contributed by atoms with Crippen molar-refractivity contribution < 1.29 is 9.59 Å². The van der Waals surface area contributed by atoms with E-state index in [2.05, 4.69) is 22.9 Å². The summed E-state index contributed by atoms with van der Waals surface area (Å²) in [5.74, 6) is 0.0681. The fourth-order valence-electron chi connectivity index (χ4n) is 4.01. The summed E-state index contributed by atoms with van der Waals surface area (Å²) in [6.45, 7) is 3.56. The van der Waals surface area contributed by atoms with Gasteiger partial charge in [0.15, 0.2) is 0 Å². The molecule has 28 heavy (non-hydrogen) atoms. The zero-order valence-electron chi connectivity index (χ0n) is 17.5. The number of hydrogen-bond acceptors (Lipinski definition) is 2. The molecule has 2 aliphatic rings. The van der Waals surface area contributed by atoms with Gasteiger partial charge in [0.2, 0.25) is 5.91 Å². The van der Waals surface area contributed by atoms with Crippen molar-refractivity contribution in [3.8, 4) is 0 Å². The molecule has 0 bridgehead atoms. The molecule has 3 rings (SSSR count). The van der Waals surface area contributed by atoms with Gasteiger partial charge in [-0.05, 0) is 44.2 Å². The fourth-order valence-corrected chi connectivity index (χ4v) is 4.01. The third-order valence-electron chi connectivity index (χ3n) is 6.02. The van der Waals surface area contributed by atoms with Gasteiger partial charge in [-0.25, -0.2) is 4.79 Å². The van der Waals surface area contributed by atoms with E-state index in [4.69, 9.17) is 0 Å². The van der Waals surface area contributed by atoms with E-state index in [1.165, 1.54) is 19.3 Å². The Bertz CT molecular complexity index is 647. The monoisotopic (exact) mass is 388 g/mol. The lowest BCUT2D eigenvalue weighted by Gasteiger charge is -2.30. The molecule has 0 atom stereocenters. The number of hydrogen-bond donors (Lipinski definition) is 1. The highest BCUT2D eigenvalue weighted by atomic mass is 16.2. The van der Waals surface area contributed by atoms with Gasteiger partial charge in [-0.1, -0.05) is 32.6 Å². The smallest absolute Gasteiger partial charge is 0.318 e. The van der Waals surface area contributed by atoms with Crippen molar-refractivity contribution in [1.82, 2.24) is 19.7 Å². The van der Waals surface area contributed by atoms with Crippen LogP contribution in [-0.2, 0) is 18.4 Å². The summed E-state index contributed by atoms with van der Waals surface area (Å²) in [7, 11) is 2.01. The van der Waals surface area contributed by atoms with Crippen molar-refractivity contribution in [2.45, 2.75) is 83.3 Å². The minimum Gasteiger partial charge on any atom is -0.353 e. The average Bonchev–Trinajstić information content (AvgIpc) is 3.45. The lowest BCUT2D eigenvalue weighted by atomic mass is 9.96. The zero-order valence-corrected chi connectivity index (χ0v) is 17.5. The number of nitrogens with one attached hydrogen (secondary N) is 1. The standard InChI is InChI=1S/C22H36N4O2/c1-3-4-15-25(22(28)23-18-9-6-5-7-10-18)17-21(27)26(19-12-13-19)16-20-11-8-14-24(20)2/h8,11,14,18-19H,3-7,9-10,12-13,15-17H2,1-2H3,(H,23,28). The largest absolute Gasteiger partial charge is 0.353 e. The lowest BCUT2D eigenvalue weighted by Crippen LogP contribution is -2.50. The maximum Gasteiger partial charge on any atom is 0.318 e. The SMILES string of the molecule is CCCCN(CC(=O)N(Cc1cccn1C)C1CC1)C(=O)NC1CCCCC1. The van der Waals surface area contributed by atoms with E-state index in [-0.39, 0.29) is 24.5 Å². The van der Waals surface area contributed by atoms with E-state index in [1.807, 2.05) is 24.2 Å². The molecule has 1 aromatic heterocycles. The summed E-state index contributed by atoms with van der Waals surface area (Å²) in [5.41, 5.74) is 1.13. The summed E-state index contributed by atoms with van der Waals surface area (Å²) in [4.78, 5) is 29.7. The summed E-state index contributed by atoms with van der Waals surface area (Å²) < 4.78 is 2.06. The molecule has 2 fully saturated rings. The number of rotatable bonds is 9. The summed E-state index contributed by atoms with van der Waals surface area (Å²) >= 11 is 0. The number of aryl methyl sites for hydroxylation is 1. The van der Waals surface area contributed by atoms with Crippen LogP contribution in [0, 0.1) is 0 Å². The van der Waals surface area contributed by atoms with Gasteiger partial charge in [-0.15, -0.1) is 0 Å². The first-order chi connectivity index (χ1) is 13.6. The molecule has 1 heterocycles. The van der Waals surface area contributed by atoms with E-state index in [0.717, 1.165) is 44.2 Å². The molecule has 0 unspecified atom stereocenters. The molecule has 0 spiro atoms. The van der Waals surface area contributed by atoms with Crippen LogP contribution >= 0.6 is 0 Å². The van der Waals surface area contributed by atoms with Crippen LogP contribution in [0.25, 0.3) is 0 Å². The van der Waals surface area contributed by atoms with Crippen molar-refractivity contribution in [2.75, 3.05) is 13.1 Å². The Labute approximate surface area is 169 Å². The topological polar surface area (TPSA) is 57.6 Å². The summed E-state index contributed by atoms with van der Waals surface area (Å²) in [5, 5.41) is 3.18. The van der Waals surface area contributed by atoms with Crippen LogP contribution in [0.1, 0.15) is 70.4 Å². The first-order valence-electron chi connectivity index (χ1n) is 11.0. The number of carbonyl (C=O) groups is 2. The Balaban J connectivity index is 1.61. The molecular formula is C22H36N4O2. The number of unbranched alkanes of at least 4 members (excludes halogenated alkanes) is 1. The lowest BCUT2D eigenvalue weighted by molar-refractivity contribution is -0.133. The van der Waals surface area contributed by atoms with Crippen molar-refractivity contribution >= 4 is 11.9 Å². The van der Waals surface area contributed by atoms with E-state index in [0.29, 0.717) is 19.1 Å². The van der Waals surface area contributed by atoms with E-state index < -0.39 is 0 Å². The first kappa shape index (κ1) is 20.7. The third kappa shape index (κ3) is 5.76. The maximum absolute atomic E-state index is 13.1. The minimum absolute atomic E-state index is 0.0664. The molecule has 6 nitrogen and oxygen atoms in total. The van der Waals surface area contributed by atoms with Crippen molar-refractivity contribution in [3.05, 3.63) is 24.0 Å². The van der Waals surface area contributed by atoms with Gasteiger partial charge in [0.1, 0.15) is 6.54 Å². The number of amides is 3. The van der Waals surface area contributed by atoms with Crippen LogP contribution in [0.4, 0.5) is 4.79 Å². The second-order valence-electron chi connectivity index (χ2n) is 8.42. The van der Waals surface area contributed by atoms with Crippen LogP contribution in [0.3, 0.4) is 0 Å². The predicted octanol–water partition coefficient (Wildman–Crippen LogP) is 3.66. The van der Waals surface area contributed by atoms with Crippen LogP contribution in [-0.4, -0.2) is 51.5 Å². The molecule has 0 saturated heterocycles. The first-order valence-corrected chi connectivity index (χ1v) is 11.0. The molecule has 2 saturated carbocycles. The molecule has 1 aromatic rings. The summed E-state index contributed by atoms with van der Waals surface area (Å²) in [6.07, 6.45) is 11.8. The number of urea groups is 1. The Morgan fingerprint density at radius 3 is 2.54 bits per heavy atom. The van der Waals surface area contributed by atoms with Gasteiger partial charge in [0.05, 0.1) is 6.54 Å². The van der Waals surface area contributed by atoms with Crippen LogP contribution in [0.2, 0.25) is 0 Å². The number of carbonyl (C=O) groups excluding carboxylic acids is 2. The molecule has 2 aliphatic carbocycles. The molecule has 1 N–H and O–H groups in total. The highest BCUT2D eigenvalue weighted by Gasteiger charge is 2.34. The molecule has 6 heteroatoms. The normalized spacial score (nSPS) is 17.4. The number of aromatic nitrogens is 1. The average molecular weight is 389 g/mol. The molecular weight excluding hydrogens is 352 g/mol. The third-order valence-corrected chi connectivity index (χ3v) is 6.02. The summed E-state index contributed by atoms with van der Waals surface area (Å²) in [6, 6.07) is 4.60. The highest BCUT2D eigenvalue weighted by Crippen LogP contribution is 2.28. The van der Waals surface area contributed by atoms with Gasteiger partial charge in [-0.2, -0.15) is 0 Å².